The zero-order valence-electron chi connectivity index (χ0n) is 9.69. The van der Waals surface area contributed by atoms with Crippen LogP contribution in [0.1, 0.15) is 24.8 Å². The number of nitrogens with zero attached hydrogens (tertiary/aromatic N) is 2. The van der Waals surface area contributed by atoms with Gasteiger partial charge in [0.25, 0.3) is 0 Å². The topological polar surface area (TPSA) is 28.7 Å². The standard InChI is InChI=1S/C14H15ClN2/c15-7-2-1-3-8-17-9-6-13-10-12(11-16)4-5-14(13)17/h4-6,9-10H,1-3,7-8H2. The Bertz CT molecular complexity index is 537. The maximum atomic E-state index is 8.84. The van der Waals surface area contributed by atoms with Gasteiger partial charge in [-0.1, -0.05) is 6.42 Å². The zero-order chi connectivity index (χ0) is 12.1. The number of aromatic nitrogens is 1. The van der Waals surface area contributed by atoms with Crippen LogP contribution in [0, 0.1) is 11.3 Å². The summed E-state index contributed by atoms with van der Waals surface area (Å²) < 4.78 is 2.24. The summed E-state index contributed by atoms with van der Waals surface area (Å²) in [7, 11) is 0. The van der Waals surface area contributed by atoms with Gasteiger partial charge in [0, 0.05) is 29.5 Å². The predicted molar refractivity (Wildman–Crippen MR) is 71.2 cm³/mol. The van der Waals surface area contributed by atoms with Crippen LogP contribution in [0.25, 0.3) is 10.9 Å². The molecule has 17 heavy (non-hydrogen) atoms. The first-order valence-electron chi connectivity index (χ1n) is 5.90. The molecule has 0 radical (unpaired) electrons. The summed E-state index contributed by atoms with van der Waals surface area (Å²) in [5.74, 6) is 0.748. The highest BCUT2D eigenvalue weighted by atomic mass is 35.5. The van der Waals surface area contributed by atoms with E-state index in [1.807, 2.05) is 18.2 Å². The van der Waals surface area contributed by atoms with Crippen LogP contribution in [0.5, 0.6) is 0 Å². The molecule has 0 N–H and O–H groups in total. The third-order valence-electron chi connectivity index (χ3n) is 2.93. The monoisotopic (exact) mass is 246 g/mol. The zero-order valence-corrected chi connectivity index (χ0v) is 10.5. The fourth-order valence-corrected chi connectivity index (χ4v) is 2.21. The Morgan fingerprint density at radius 3 is 2.82 bits per heavy atom. The van der Waals surface area contributed by atoms with Crippen molar-refractivity contribution in [1.29, 1.82) is 5.26 Å². The largest absolute Gasteiger partial charge is 0.347 e. The molecule has 3 heteroatoms. The lowest BCUT2D eigenvalue weighted by molar-refractivity contribution is 0.618. The maximum Gasteiger partial charge on any atom is 0.0991 e. The van der Waals surface area contributed by atoms with Gasteiger partial charge in [-0.05, 0) is 37.1 Å². The minimum absolute atomic E-state index is 0.720. The highest BCUT2D eigenvalue weighted by Gasteiger charge is 2.01. The van der Waals surface area contributed by atoms with Crippen molar-refractivity contribution in [3.05, 3.63) is 36.0 Å². The number of hydrogen-bond acceptors (Lipinski definition) is 1. The molecule has 0 amide bonds. The molecule has 1 aromatic carbocycles. The molecule has 0 atom stereocenters. The van der Waals surface area contributed by atoms with Gasteiger partial charge in [0.15, 0.2) is 0 Å². The lowest BCUT2D eigenvalue weighted by Crippen LogP contribution is -1.96. The summed E-state index contributed by atoms with van der Waals surface area (Å²) in [6.07, 6.45) is 5.49. The third kappa shape index (κ3) is 2.81. The van der Waals surface area contributed by atoms with Crippen LogP contribution in [-0.2, 0) is 6.54 Å². The molecule has 0 saturated carbocycles. The third-order valence-corrected chi connectivity index (χ3v) is 3.20. The van der Waals surface area contributed by atoms with E-state index in [1.165, 1.54) is 11.9 Å². The molecule has 0 saturated heterocycles. The van der Waals surface area contributed by atoms with Crippen molar-refractivity contribution >= 4 is 22.5 Å². The van der Waals surface area contributed by atoms with Gasteiger partial charge in [-0.15, -0.1) is 11.6 Å². The van der Waals surface area contributed by atoms with Gasteiger partial charge in [0.05, 0.1) is 11.6 Å². The fraction of sp³-hybridized carbons (Fsp3) is 0.357. The molecule has 2 rings (SSSR count). The van der Waals surface area contributed by atoms with E-state index in [0.29, 0.717) is 0 Å². The molecule has 2 nitrogen and oxygen atoms in total. The molecule has 0 bridgehead atoms. The average Bonchev–Trinajstić information content (AvgIpc) is 2.77. The van der Waals surface area contributed by atoms with Crippen LogP contribution in [0.3, 0.4) is 0 Å². The highest BCUT2D eigenvalue weighted by Crippen LogP contribution is 2.18. The van der Waals surface area contributed by atoms with Gasteiger partial charge < -0.3 is 4.57 Å². The number of benzene rings is 1. The summed E-state index contributed by atoms with van der Waals surface area (Å²) in [5, 5.41) is 9.98. The Morgan fingerprint density at radius 1 is 1.18 bits per heavy atom. The minimum Gasteiger partial charge on any atom is -0.347 e. The van der Waals surface area contributed by atoms with Gasteiger partial charge in [0.2, 0.25) is 0 Å². The van der Waals surface area contributed by atoms with Crippen LogP contribution in [0.2, 0.25) is 0 Å². The van der Waals surface area contributed by atoms with Crippen molar-refractivity contribution in [2.24, 2.45) is 0 Å². The highest BCUT2D eigenvalue weighted by molar-refractivity contribution is 6.17. The number of halogens is 1. The van der Waals surface area contributed by atoms with E-state index in [9.17, 15) is 0 Å². The molecule has 0 aliphatic heterocycles. The van der Waals surface area contributed by atoms with Crippen LogP contribution in [0.15, 0.2) is 30.5 Å². The Balaban J connectivity index is 2.11. The number of alkyl halides is 1. The summed E-state index contributed by atoms with van der Waals surface area (Å²) in [6, 6.07) is 10.1. The van der Waals surface area contributed by atoms with Crippen molar-refractivity contribution in [2.75, 3.05) is 5.88 Å². The van der Waals surface area contributed by atoms with E-state index >= 15 is 0 Å². The molecule has 1 aromatic heterocycles. The second kappa shape index (κ2) is 5.75. The first kappa shape index (κ1) is 12.0. The number of aryl methyl sites for hydroxylation is 1. The van der Waals surface area contributed by atoms with E-state index in [1.54, 1.807) is 0 Å². The number of nitriles is 1. The molecular formula is C14H15ClN2. The lowest BCUT2D eigenvalue weighted by Gasteiger charge is -2.04. The van der Waals surface area contributed by atoms with E-state index in [2.05, 4.69) is 22.9 Å². The van der Waals surface area contributed by atoms with Gasteiger partial charge in [-0.2, -0.15) is 5.26 Å². The van der Waals surface area contributed by atoms with E-state index in [4.69, 9.17) is 16.9 Å². The second-order valence-electron chi connectivity index (χ2n) is 4.14. The van der Waals surface area contributed by atoms with Crippen molar-refractivity contribution in [2.45, 2.75) is 25.8 Å². The lowest BCUT2D eigenvalue weighted by atomic mass is 10.2. The summed E-state index contributed by atoms with van der Waals surface area (Å²) >= 11 is 5.65. The Labute approximate surface area is 106 Å². The van der Waals surface area contributed by atoms with E-state index in [-0.39, 0.29) is 0 Å². The molecule has 0 fully saturated rings. The fourth-order valence-electron chi connectivity index (χ4n) is 2.02. The van der Waals surface area contributed by atoms with Gasteiger partial charge in [-0.3, -0.25) is 0 Å². The van der Waals surface area contributed by atoms with E-state index in [0.717, 1.165) is 36.2 Å². The Kier molecular flexibility index (Phi) is 4.06. The summed E-state index contributed by atoms with van der Waals surface area (Å²) in [6.45, 7) is 1.02. The quantitative estimate of drug-likeness (QED) is 0.581. The first-order valence-corrected chi connectivity index (χ1v) is 6.43. The molecule has 1 heterocycles. The second-order valence-corrected chi connectivity index (χ2v) is 4.52. The number of unbranched alkanes of at least 4 members (excludes halogenated alkanes) is 2. The molecule has 0 aliphatic carbocycles. The SMILES string of the molecule is N#Cc1ccc2c(ccn2CCCCCCl)c1. The smallest absolute Gasteiger partial charge is 0.0991 e. The summed E-state index contributed by atoms with van der Waals surface area (Å²) in [4.78, 5) is 0. The average molecular weight is 247 g/mol. The van der Waals surface area contributed by atoms with E-state index < -0.39 is 0 Å². The van der Waals surface area contributed by atoms with Crippen LogP contribution < -0.4 is 0 Å². The Morgan fingerprint density at radius 2 is 2.06 bits per heavy atom. The molecule has 88 valence electrons. The van der Waals surface area contributed by atoms with Gasteiger partial charge in [-0.25, -0.2) is 0 Å². The van der Waals surface area contributed by atoms with Crippen molar-refractivity contribution in [1.82, 2.24) is 4.57 Å². The molecule has 0 unspecified atom stereocenters. The van der Waals surface area contributed by atoms with Crippen LogP contribution in [-0.4, -0.2) is 10.4 Å². The molecule has 2 aromatic rings. The van der Waals surface area contributed by atoms with Gasteiger partial charge in [0.1, 0.15) is 0 Å². The van der Waals surface area contributed by atoms with Crippen molar-refractivity contribution < 1.29 is 0 Å². The Hall–Kier alpha value is -1.46. The number of rotatable bonds is 5. The number of fused-ring (bicyclic) bond motifs is 1. The van der Waals surface area contributed by atoms with Gasteiger partial charge >= 0.3 is 0 Å². The first-order chi connectivity index (χ1) is 8.35. The summed E-state index contributed by atoms with van der Waals surface area (Å²) in [5.41, 5.74) is 1.92. The van der Waals surface area contributed by atoms with Crippen molar-refractivity contribution in [3.63, 3.8) is 0 Å². The molecule has 0 aliphatic rings. The molecule has 0 spiro atoms. The van der Waals surface area contributed by atoms with Crippen molar-refractivity contribution in [3.8, 4) is 6.07 Å². The number of hydrogen-bond donors (Lipinski definition) is 0. The normalized spacial score (nSPS) is 10.6. The van der Waals surface area contributed by atoms with Crippen LogP contribution in [0.4, 0.5) is 0 Å². The predicted octanol–water partition coefficient (Wildman–Crippen LogP) is 3.92. The van der Waals surface area contributed by atoms with Crippen LogP contribution >= 0.6 is 11.6 Å². The minimum atomic E-state index is 0.720. The molecular weight excluding hydrogens is 232 g/mol. The maximum absolute atomic E-state index is 8.84.